The molecule has 0 unspecified atom stereocenters. The number of amides is 1. The highest BCUT2D eigenvalue weighted by Gasteiger charge is 2.30. The molecule has 1 heterocycles. The maximum absolute atomic E-state index is 13.8. The van der Waals surface area contributed by atoms with Gasteiger partial charge in [-0.1, -0.05) is 29.8 Å². The molecule has 0 saturated carbocycles. The Morgan fingerprint density at radius 1 is 1.03 bits per heavy atom. The number of aryl methyl sites for hydroxylation is 1. The summed E-state index contributed by atoms with van der Waals surface area (Å²) in [6.07, 6.45) is 0.166. The summed E-state index contributed by atoms with van der Waals surface area (Å²) in [5.74, 6) is 1.24. The van der Waals surface area contributed by atoms with Crippen molar-refractivity contribution >= 4 is 17.3 Å². The van der Waals surface area contributed by atoms with Crippen LogP contribution in [-0.2, 0) is 11.3 Å². The highest BCUT2D eigenvalue weighted by molar-refractivity contribution is 5.92. The lowest BCUT2D eigenvalue weighted by Gasteiger charge is -2.38. The first-order chi connectivity index (χ1) is 16.9. The first-order valence-corrected chi connectivity index (χ1v) is 11.3. The van der Waals surface area contributed by atoms with Gasteiger partial charge < -0.3 is 29.2 Å². The Balaban J connectivity index is 1.56. The van der Waals surface area contributed by atoms with Gasteiger partial charge in [0.15, 0.2) is 11.5 Å². The highest BCUT2D eigenvalue weighted by Crippen LogP contribution is 2.40. The van der Waals surface area contributed by atoms with E-state index in [1.54, 1.807) is 18.2 Å². The molecule has 35 heavy (non-hydrogen) atoms. The number of hydrogen-bond acceptors (Lipinski definition) is 6. The van der Waals surface area contributed by atoms with Gasteiger partial charge in [-0.05, 0) is 24.6 Å². The molecule has 184 valence electrons. The average molecular weight is 481 g/mol. The normalized spacial score (nSPS) is 14.5. The van der Waals surface area contributed by atoms with Gasteiger partial charge in [0.2, 0.25) is 11.7 Å². The van der Waals surface area contributed by atoms with Gasteiger partial charge in [-0.15, -0.1) is 0 Å². The molecule has 0 bridgehead atoms. The van der Waals surface area contributed by atoms with Crippen molar-refractivity contribution in [3.8, 4) is 23.0 Å². The molecule has 7 nitrogen and oxygen atoms in total. The van der Waals surface area contributed by atoms with E-state index in [0.29, 0.717) is 35.2 Å². The number of carbonyl (C=O) groups excluding carboxylic acids is 1. The number of benzene rings is 3. The first-order valence-electron chi connectivity index (χ1n) is 11.3. The van der Waals surface area contributed by atoms with Crippen LogP contribution in [0.25, 0.3) is 0 Å². The molecule has 0 radical (unpaired) electrons. The number of fused-ring (bicyclic) bond motifs is 1. The van der Waals surface area contributed by atoms with Crippen molar-refractivity contribution in [2.45, 2.75) is 25.9 Å². The number of methoxy groups -OCH3 is 3. The number of anilines is 2. The predicted molar refractivity (Wildman–Crippen MR) is 132 cm³/mol. The molecule has 3 aromatic rings. The number of rotatable bonds is 8. The molecule has 1 aliphatic rings. The Hall–Kier alpha value is -3.94. The van der Waals surface area contributed by atoms with E-state index < -0.39 is 0 Å². The lowest BCUT2D eigenvalue weighted by molar-refractivity contribution is -0.116. The standard InChI is InChI=1S/C27H29FN2O5/c1-17-5-7-18(8-6-17)15-30-21(16-35-23-11-19(28)9-10-22(23)30)14-26(31)29-20-12-24(32-2)27(34-4)25(13-20)33-3/h5-13,21H,14-16H2,1-4H3,(H,29,31)/t21-/m0/s1. The quantitative estimate of drug-likeness (QED) is 0.492. The summed E-state index contributed by atoms with van der Waals surface area (Å²) in [5, 5.41) is 2.92. The van der Waals surface area contributed by atoms with E-state index in [1.807, 2.05) is 19.1 Å². The van der Waals surface area contributed by atoms with Gasteiger partial charge in [0.25, 0.3) is 0 Å². The summed E-state index contributed by atoms with van der Waals surface area (Å²) in [7, 11) is 4.56. The predicted octanol–water partition coefficient (Wildman–Crippen LogP) is 4.96. The Morgan fingerprint density at radius 3 is 2.34 bits per heavy atom. The van der Waals surface area contributed by atoms with Gasteiger partial charge >= 0.3 is 0 Å². The molecule has 1 aliphatic heterocycles. The van der Waals surface area contributed by atoms with Gasteiger partial charge in [0, 0.05) is 30.4 Å². The largest absolute Gasteiger partial charge is 0.493 e. The van der Waals surface area contributed by atoms with Gasteiger partial charge in [-0.25, -0.2) is 4.39 Å². The van der Waals surface area contributed by atoms with E-state index in [0.717, 1.165) is 11.3 Å². The van der Waals surface area contributed by atoms with Gasteiger partial charge in [0.05, 0.1) is 39.5 Å². The van der Waals surface area contributed by atoms with Crippen LogP contribution in [0.5, 0.6) is 23.0 Å². The van der Waals surface area contributed by atoms with Gasteiger partial charge in [-0.2, -0.15) is 0 Å². The van der Waals surface area contributed by atoms with Gasteiger partial charge in [-0.3, -0.25) is 4.79 Å². The monoisotopic (exact) mass is 480 g/mol. The summed E-state index contributed by atoms with van der Waals surface area (Å²) < 4.78 is 35.8. The third kappa shape index (κ3) is 5.42. The zero-order valence-electron chi connectivity index (χ0n) is 20.3. The molecule has 0 aromatic heterocycles. The highest BCUT2D eigenvalue weighted by atomic mass is 19.1. The SMILES string of the molecule is COc1cc(NC(=O)C[C@H]2COc3cc(F)ccc3N2Cc2ccc(C)cc2)cc(OC)c1OC. The Kier molecular flexibility index (Phi) is 7.29. The van der Waals surface area contributed by atoms with E-state index in [4.69, 9.17) is 18.9 Å². The van der Waals surface area contributed by atoms with E-state index in [2.05, 4.69) is 22.3 Å². The number of halogens is 1. The van der Waals surface area contributed by atoms with Crippen LogP contribution in [-0.4, -0.2) is 39.9 Å². The minimum absolute atomic E-state index is 0.166. The average Bonchev–Trinajstić information content (AvgIpc) is 2.85. The molecule has 0 aliphatic carbocycles. The van der Waals surface area contributed by atoms with E-state index in [9.17, 15) is 9.18 Å². The minimum atomic E-state index is -0.363. The number of carbonyl (C=O) groups is 1. The number of nitrogens with one attached hydrogen (secondary N) is 1. The number of ether oxygens (including phenoxy) is 4. The maximum Gasteiger partial charge on any atom is 0.226 e. The zero-order valence-corrected chi connectivity index (χ0v) is 20.3. The van der Waals surface area contributed by atoms with E-state index >= 15 is 0 Å². The van der Waals surface area contributed by atoms with Crippen LogP contribution in [0, 0.1) is 12.7 Å². The van der Waals surface area contributed by atoms with Crippen molar-refractivity contribution in [2.24, 2.45) is 0 Å². The Labute approximate surface area is 204 Å². The minimum Gasteiger partial charge on any atom is -0.493 e. The van der Waals surface area contributed by atoms with Gasteiger partial charge in [0.1, 0.15) is 18.2 Å². The number of nitrogens with zero attached hydrogens (tertiary/aromatic N) is 1. The fourth-order valence-electron chi connectivity index (χ4n) is 4.17. The van der Waals surface area contributed by atoms with Crippen molar-refractivity contribution in [2.75, 3.05) is 38.2 Å². The summed E-state index contributed by atoms with van der Waals surface area (Å²) in [6.45, 7) is 2.85. The molecular weight excluding hydrogens is 451 g/mol. The second kappa shape index (κ2) is 10.5. The van der Waals surface area contributed by atoms with Crippen LogP contribution in [0.4, 0.5) is 15.8 Å². The van der Waals surface area contributed by atoms with Crippen LogP contribution in [0.2, 0.25) is 0 Å². The smallest absolute Gasteiger partial charge is 0.226 e. The summed E-state index contributed by atoms with van der Waals surface area (Å²) in [6, 6.07) is 15.8. The fraction of sp³-hybridized carbons (Fsp3) is 0.296. The van der Waals surface area contributed by atoms with E-state index in [1.165, 1.54) is 39.0 Å². The second-order valence-electron chi connectivity index (χ2n) is 8.36. The zero-order chi connectivity index (χ0) is 24.9. The molecule has 0 fully saturated rings. The van der Waals surface area contributed by atoms with Crippen LogP contribution in [0.3, 0.4) is 0 Å². The van der Waals surface area contributed by atoms with Crippen LogP contribution < -0.4 is 29.2 Å². The fourth-order valence-corrected chi connectivity index (χ4v) is 4.17. The molecule has 0 spiro atoms. The molecule has 1 atom stereocenters. The lowest BCUT2D eigenvalue weighted by atomic mass is 10.1. The summed E-state index contributed by atoms with van der Waals surface area (Å²) in [5.41, 5.74) is 3.53. The van der Waals surface area contributed by atoms with Crippen LogP contribution in [0.1, 0.15) is 17.5 Å². The maximum atomic E-state index is 13.8. The van der Waals surface area contributed by atoms with Crippen molar-refractivity contribution in [1.82, 2.24) is 0 Å². The Bertz CT molecular complexity index is 1170. The van der Waals surface area contributed by atoms with Crippen LogP contribution in [0.15, 0.2) is 54.6 Å². The van der Waals surface area contributed by atoms with Crippen LogP contribution >= 0.6 is 0 Å². The molecule has 8 heteroatoms. The van der Waals surface area contributed by atoms with Crippen molar-refractivity contribution in [3.63, 3.8) is 0 Å². The third-order valence-electron chi connectivity index (χ3n) is 5.95. The lowest BCUT2D eigenvalue weighted by Crippen LogP contribution is -2.44. The van der Waals surface area contributed by atoms with Crippen molar-refractivity contribution in [3.05, 3.63) is 71.5 Å². The third-order valence-corrected chi connectivity index (χ3v) is 5.95. The molecule has 1 amide bonds. The molecular formula is C27H29FN2O5. The molecule has 4 rings (SSSR count). The summed E-state index contributed by atoms with van der Waals surface area (Å²) in [4.78, 5) is 15.2. The van der Waals surface area contributed by atoms with Crippen molar-refractivity contribution < 1.29 is 28.1 Å². The molecule has 1 N–H and O–H groups in total. The number of hydrogen-bond donors (Lipinski definition) is 1. The van der Waals surface area contributed by atoms with E-state index in [-0.39, 0.29) is 30.8 Å². The Morgan fingerprint density at radius 2 is 1.71 bits per heavy atom. The molecule has 3 aromatic carbocycles. The summed E-state index contributed by atoms with van der Waals surface area (Å²) >= 11 is 0. The van der Waals surface area contributed by atoms with Crippen molar-refractivity contribution in [1.29, 1.82) is 0 Å². The molecule has 0 saturated heterocycles. The first kappa shape index (κ1) is 24.2. The second-order valence-corrected chi connectivity index (χ2v) is 8.36. The topological polar surface area (TPSA) is 69.3 Å².